The lowest BCUT2D eigenvalue weighted by Gasteiger charge is -2.18. The molecule has 0 aliphatic heterocycles. The lowest BCUT2D eigenvalue weighted by Crippen LogP contribution is -2.30. The first-order valence-electron chi connectivity index (χ1n) is 26.1. The Morgan fingerprint density at radius 2 is 0.619 bits per heavy atom. The van der Waals surface area contributed by atoms with E-state index in [4.69, 9.17) is 14.2 Å². The van der Waals surface area contributed by atoms with E-state index in [1.54, 1.807) is 0 Å². The molecule has 0 bridgehead atoms. The van der Waals surface area contributed by atoms with Crippen molar-refractivity contribution in [3.8, 4) is 0 Å². The second kappa shape index (κ2) is 51.2. The molecule has 63 heavy (non-hydrogen) atoms. The highest BCUT2D eigenvalue weighted by Gasteiger charge is 2.19. The quantitative estimate of drug-likeness (QED) is 0.0262. The van der Waals surface area contributed by atoms with Crippen LogP contribution in [0.2, 0.25) is 0 Å². The Hall–Kier alpha value is -3.41. The summed E-state index contributed by atoms with van der Waals surface area (Å²) in [5, 5.41) is 0. The number of rotatable bonds is 46. The number of ether oxygens (including phenoxy) is 3. The molecular formula is C57H96O6. The second-order valence-electron chi connectivity index (χ2n) is 17.0. The average Bonchev–Trinajstić information content (AvgIpc) is 3.28. The zero-order chi connectivity index (χ0) is 45.8. The van der Waals surface area contributed by atoms with E-state index in [9.17, 15) is 14.4 Å². The lowest BCUT2D eigenvalue weighted by molar-refractivity contribution is -0.167. The van der Waals surface area contributed by atoms with Crippen molar-refractivity contribution < 1.29 is 28.6 Å². The van der Waals surface area contributed by atoms with Crippen LogP contribution in [0.5, 0.6) is 0 Å². The van der Waals surface area contributed by atoms with Crippen LogP contribution < -0.4 is 0 Å². The minimum absolute atomic E-state index is 0.0936. The third-order valence-corrected chi connectivity index (χ3v) is 10.9. The number of unbranched alkanes of at least 4 members (excludes halogenated alkanes) is 21. The molecule has 1 atom stereocenters. The molecule has 1 unspecified atom stereocenters. The van der Waals surface area contributed by atoms with Gasteiger partial charge in [-0.2, -0.15) is 0 Å². The topological polar surface area (TPSA) is 78.9 Å². The normalized spacial score (nSPS) is 12.7. The van der Waals surface area contributed by atoms with Crippen molar-refractivity contribution in [1.29, 1.82) is 0 Å². The molecule has 0 heterocycles. The molecule has 0 rings (SSSR count). The van der Waals surface area contributed by atoms with E-state index >= 15 is 0 Å². The fraction of sp³-hybridized carbons (Fsp3) is 0.702. The molecule has 0 N–H and O–H groups in total. The van der Waals surface area contributed by atoms with Gasteiger partial charge in [0.2, 0.25) is 0 Å². The molecule has 0 fully saturated rings. The van der Waals surface area contributed by atoms with E-state index in [0.717, 1.165) is 128 Å². The molecule has 0 saturated carbocycles. The fourth-order valence-corrected chi connectivity index (χ4v) is 7.04. The summed E-state index contributed by atoms with van der Waals surface area (Å²) in [7, 11) is 0. The Balaban J connectivity index is 4.44. The highest BCUT2D eigenvalue weighted by Crippen LogP contribution is 2.15. The lowest BCUT2D eigenvalue weighted by atomic mass is 10.0. The summed E-state index contributed by atoms with van der Waals surface area (Å²) in [6.45, 7) is 6.37. The van der Waals surface area contributed by atoms with E-state index in [2.05, 4.69) is 106 Å². The van der Waals surface area contributed by atoms with Crippen LogP contribution in [0.1, 0.15) is 239 Å². The van der Waals surface area contributed by atoms with Gasteiger partial charge in [0.1, 0.15) is 13.2 Å². The molecule has 0 spiro atoms. The van der Waals surface area contributed by atoms with Crippen molar-refractivity contribution >= 4 is 17.9 Å². The smallest absolute Gasteiger partial charge is 0.306 e. The maximum atomic E-state index is 12.8. The summed E-state index contributed by atoms with van der Waals surface area (Å²) < 4.78 is 16.8. The van der Waals surface area contributed by atoms with E-state index in [0.29, 0.717) is 19.3 Å². The fourth-order valence-electron chi connectivity index (χ4n) is 7.04. The van der Waals surface area contributed by atoms with Gasteiger partial charge in [0.25, 0.3) is 0 Å². The van der Waals surface area contributed by atoms with E-state index < -0.39 is 6.10 Å². The Labute approximate surface area is 388 Å². The standard InChI is InChI=1S/C57H96O6/c1-4-7-10-13-16-19-22-25-27-28-29-30-31-33-35-38-41-44-47-50-56(59)62-53-54(52-61-55(58)49-46-43-40-37-34-24-21-18-15-12-9-6-3)63-57(60)51-48-45-42-39-36-32-26-23-20-17-14-11-8-5-2/h7,9-10,12,16,18-19,21,25,27,29-30,33,35,54H,4-6,8,11,13-15,17,20,22-24,26,28,31-32,34,36-53H2,1-3H3/b10-7-,12-9-,19-16-,21-18-,27-25-,30-29-,35-33-. The third kappa shape index (κ3) is 49.5. The molecule has 0 aromatic rings. The Morgan fingerprint density at radius 3 is 0.984 bits per heavy atom. The Morgan fingerprint density at radius 1 is 0.333 bits per heavy atom. The van der Waals surface area contributed by atoms with Crippen LogP contribution in [0.15, 0.2) is 85.1 Å². The SMILES string of the molecule is CC/C=C\C/C=C\C/C=C\C/C=C\C/C=C\CCCCCC(=O)OCC(COC(=O)CCCCCCC/C=C\C/C=C\CC)OC(=O)CCCCCCCCCCCCCCCC. The van der Waals surface area contributed by atoms with Gasteiger partial charge in [0, 0.05) is 19.3 Å². The minimum atomic E-state index is -0.794. The van der Waals surface area contributed by atoms with E-state index in [1.165, 1.54) is 70.6 Å². The minimum Gasteiger partial charge on any atom is -0.462 e. The molecule has 0 radical (unpaired) electrons. The molecule has 0 amide bonds. The number of esters is 3. The number of allylic oxidation sites excluding steroid dienone is 14. The van der Waals surface area contributed by atoms with Gasteiger partial charge in [-0.25, -0.2) is 0 Å². The van der Waals surface area contributed by atoms with Crippen molar-refractivity contribution in [2.24, 2.45) is 0 Å². The highest BCUT2D eigenvalue weighted by molar-refractivity contribution is 5.71. The van der Waals surface area contributed by atoms with Gasteiger partial charge >= 0.3 is 17.9 Å². The van der Waals surface area contributed by atoms with Gasteiger partial charge in [-0.15, -0.1) is 0 Å². The summed E-state index contributed by atoms with van der Waals surface area (Å²) in [6, 6.07) is 0. The van der Waals surface area contributed by atoms with Crippen molar-refractivity contribution in [3.63, 3.8) is 0 Å². The first-order chi connectivity index (χ1) is 31.0. The molecule has 0 aliphatic carbocycles. The predicted molar refractivity (Wildman–Crippen MR) is 270 cm³/mol. The maximum absolute atomic E-state index is 12.8. The average molecular weight is 877 g/mol. The number of carbonyl (C=O) groups excluding carboxylic acids is 3. The summed E-state index contributed by atoms with van der Waals surface area (Å²) in [4.78, 5) is 38.0. The highest BCUT2D eigenvalue weighted by atomic mass is 16.6. The second-order valence-corrected chi connectivity index (χ2v) is 17.0. The summed E-state index contributed by atoms with van der Waals surface area (Å²) in [6.07, 6.45) is 65.7. The molecule has 0 saturated heterocycles. The first-order valence-corrected chi connectivity index (χ1v) is 26.1. The van der Waals surface area contributed by atoms with Crippen molar-refractivity contribution in [1.82, 2.24) is 0 Å². The Bertz CT molecular complexity index is 1240. The summed E-state index contributed by atoms with van der Waals surface area (Å²) >= 11 is 0. The molecule has 6 nitrogen and oxygen atoms in total. The van der Waals surface area contributed by atoms with E-state index in [1.807, 2.05) is 0 Å². The van der Waals surface area contributed by atoms with Crippen LogP contribution in [0, 0.1) is 0 Å². The van der Waals surface area contributed by atoms with E-state index in [-0.39, 0.29) is 31.1 Å². The molecule has 360 valence electrons. The third-order valence-electron chi connectivity index (χ3n) is 10.9. The predicted octanol–water partition coefficient (Wildman–Crippen LogP) is 17.2. The zero-order valence-electron chi connectivity index (χ0n) is 41.1. The van der Waals surface area contributed by atoms with Crippen LogP contribution >= 0.6 is 0 Å². The number of carbonyl (C=O) groups is 3. The number of hydrogen-bond acceptors (Lipinski definition) is 6. The van der Waals surface area contributed by atoms with Gasteiger partial charge in [0.05, 0.1) is 0 Å². The summed E-state index contributed by atoms with van der Waals surface area (Å²) in [5.74, 6) is -0.939. The zero-order valence-corrected chi connectivity index (χ0v) is 41.1. The van der Waals surface area contributed by atoms with Crippen LogP contribution in [0.4, 0.5) is 0 Å². The number of hydrogen-bond donors (Lipinski definition) is 0. The Kier molecular flexibility index (Phi) is 48.5. The molecule has 0 aromatic heterocycles. The van der Waals surface area contributed by atoms with Crippen molar-refractivity contribution in [2.75, 3.05) is 13.2 Å². The molecule has 6 heteroatoms. The van der Waals surface area contributed by atoms with Crippen LogP contribution in [0.3, 0.4) is 0 Å². The van der Waals surface area contributed by atoms with Gasteiger partial charge in [-0.1, -0.05) is 215 Å². The van der Waals surface area contributed by atoms with Crippen LogP contribution in [-0.4, -0.2) is 37.2 Å². The van der Waals surface area contributed by atoms with Crippen molar-refractivity contribution in [3.05, 3.63) is 85.1 Å². The first kappa shape index (κ1) is 59.6. The maximum Gasteiger partial charge on any atom is 0.306 e. The van der Waals surface area contributed by atoms with Gasteiger partial charge in [-0.3, -0.25) is 14.4 Å². The van der Waals surface area contributed by atoms with Crippen LogP contribution in [-0.2, 0) is 28.6 Å². The largest absolute Gasteiger partial charge is 0.462 e. The van der Waals surface area contributed by atoms with Gasteiger partial charge in [0.15, 0.2) is 6.10 Å². The molecule has 0 aromatic carbocycles. The van der Waals surface area contributed by atoms with Gasteiger partial charge in [-0.05, 0) is 89.9 Å². The molecule has 0 aliphatic rings. The molecular weight excluding hydrogens is 781 g/mol. The van der Waals surface area contributed by atoms with Crippen molar-refractivity contribution in [2.45, 2.75) is 245 Å². The summed E-state index contributed by atoms with van der Waals surface area (Å²) in [5.41, 5.74) is 0. The van der Waals surface area contributed by atoms with Crippen LogP contribution in [0.25, 0.3) is 0 Å². The monoisotopic (exact) mass is 877 g/mol. The van der Waals surface area contributed by atoms with Gasteiger partial charge < -0.3 is 14.2 Å².